The van der Waals surface area contributed by atoms with Crippen molar-refractivity contribution >= 4 is 5.91 Å². The first-order chi connectivity index (χ1) is 12.3. The number of carbonyl (C=O) groups is 1. The molecule has 1 amide bonds. The average Bonchev–Trinajstić information content (AvgIpc) is 2.66. The van der Waals surface area contributed by atoms with Gasteiger partial charge in [-0.1, -0.05) is 30.3 Å². The topological polar surface area (TPSA) is 50.8 Å². The Labute approximate surface area is 150 Å². The Morgan fingerprint density at radius 2 is 2.20 bits per heavy atom. The highest BCUT2D eigenvalue weighted by Gasteiger charge is 2.37. The summed E-state index contributed by atoms with van der Waals surface area (Å²) < 4.78 is 11.0. The Morgan fingerprint density at radius 3 is 3.00 bits per heavy atom. The molecule has 0 bridgehead atoms. The van der Waals surface area contributed by atoms with Gasteiger partial charge >= 0.3 is 0 Å². The predicted octanol–water partition coefficient (Wildman–Crippen LogP) is 1.72. The van der Waals surface area contributed by atoms with Crippen LogP contribution in [0.25, 0.3) is 0 Å². The summed E-state index contributed by atoms with van der Waals surface area (Å²) in [6.45, 7) is 4.90. The number of likely N-dealkylation sites (tertiary alicyclic amines) is 1. The predicted molar refractivity (Wildman–Crippen MR) is 97.4 cm³/mol. The second-order valence-electron chi connectivity index (χ2n) is 7.17. The summed E-state index contributed by atoms with van der Waals surface area (Å²) in [5.74, 6) is 0.556. The van der Waals surface area contributed by atoms with Crippen molar-refractivity contribution in [1.29, 1.82) is 0 Å². The largest absolute Gasteiger partial charge is 0.383 e. The van der Waals surface area contributed by atoms with Crippen molar-refractivity contribution in [3.63, 3.8) is 0 Å². The van der Waals surface area contributed by atoms with E-state index in [1.165, 1.54) is 5.56 Å². The van der Waals surface area contributed by atoms with E-state index in [2.05, 4.69) is 40.5 Å². The van der Waals surface area contributed by atoms with E-state index in [-0.39, 0.29) is 11.8 Å². The molecule has 3 atom stereocenters. The second-order valence-corrected chi connectivity index (χ2v) is 7.17. The number of amides is 1. The Balaban J connectivity index is 1.46. The molecule has 0 radical (unpaired) electrons. The lowest BCUT2D eigenvalue weighted by atomic mass is 9.83. The molecule has 2 aliphatic heterocycles. The molecule has 2 fully saturated rings. The smallest absolute Gasteiger partial charge is 0.225 e. The lowest BCUT2D eigenvalue weighted by Crippen LogP contribution is -2.51. The van der Waals surface area contributed by atoms with Gasteiger partial charge in [0.15, 0.2) is 0 Å². The summed E-state index contributed by atoms with van der Waals surface area (Å²) in [6.07, 6.45) is 3.43. The van der Waals surface area contributed by atoms with Gasteiger partial charge in [0.2, 0.25) is 5.91 Å². The van der Waals surface area contributed by atoms with Crippen LogP contribution < -0.4 is 5.32 Å². The number of benzene rings is 1. The lowest BCUT2D eigenvalue weighted by molar-refractivity contribution is -0.139. The highest BCUT2D eigenvalue weighted by molar-refractivity contribution is 5.78. The average molecular weight is 346 g/mol. The van der Waals surface area contributed by atoms with Crippen molar-refractivity contribution in [1.82, 2.24) is 10.2 Å². The molecule has 3 rings (SSSR count). The Bertz CT molecular complexity index is 537. The number of methoxy groups -OCH3 is 1. The molecule has 1 N–H and O–H groups in total. The van der Waals surface area contributed by atoms with Crippen molar-refractivity contribution < 1.29 is 14.3 Å². The molecule has 0 spiro atoms. The number of nitrogens with one attached hydrogen (secondary N) is 1. The maximum atomic E-state index is 12.3. The minimum absolute atomic E-state index is 0.0211. The minimum atomic E-state index is -0.0211. The molecule has 5 heteroatoms. The third-order valence-electron chi connectivity index (χ3n) is 5.38. The molecule has 2 aliphatic rings. The first-order valence-corrected chi connectivity index (χ1v) is 9.41. The fourth-order valence-electron chi connectivity index (χ4n) is 3.94. The van der Waals surface area contributed by atoms with Gasteiger partial charge < -0.3 is 19.7 Å². The summed E-state index contributed by atoms with van der Waals surface area (Å²) >= 11 is 0. The summed E-state index contributed by atoms with van der Waals surface area (Å²) in [5, 5.41) is 2.95. The van der Waals surface area contributed by atoms with Gasteiger partial charge in [-0.3, -0.25) is 4.79 Å². The highest BCUT2D eigenvalue weighted by atomic mass is 16.5. The zero-order valence-corrected chi connectivity index (χ0v) is 15.2. The fraction of sp³-hybridized carbons (Fsp3) is 0.650. The number of rotatable bonds is 7. The van der Waals surface area contributed by atoms with Gasteiger partial charge in [-0.05, 0) is 30.7 Å². The molecule has 2 heterocycles. The third kappa shape index (κ3) is 5.27. The van der Waals surface area contributed by atoms with Crippen LogP contribution in [0.5, 0.6) is 0 Å². The van der Waals surface area contributed by atoms with Crippen LogP contribution in [-0.2, 0) is 20.7 Å². The van der Waals surface area contributed by atoms with E-state index in [9.17, 15) is 4.79 Å². The van der Waals surface area contributed by atoms with Crippen LogP contribution in [0, 0.1) is 11.8 Å². The van der Waals surface area contributed by atoms with Gasteiger partial charge in [0.25, 0.3) is 0 Å². The van der Waals surface area contributed by atoms with E-state index in [0.29, 0.717) is 31.8 Å². The quantitative estimate of drug-likeness (QED) is 0.764. The zero-order valence-electron chi connectivity index (χ0n) is 15.2. The maximum absolute atomic E-state index is 12.3. The van der Waals surface area contributed by atoms with E-state index in [1.807, 2.05) is 0 Å². The Kier molecular flexibility index (Phi) is 6.84. The molecule has 0 saturated carbocycles. The highest BCUT2D eigenvalue weighted by Crippen LogP contribution is 2.31. The van der Waals surface area contributed by atoms with Crippen LogP contribution in [0.15, 0.2) is 30.3 Å². The number of carbonyl (C=O) groups excluding carboxylic acids is 1. The summed E-state index contributed by atoms with van der Waals surface area (Å²) in [7, 11) is 1.65. The molecule has 0 aliphatic carbocycles. The van der Waals surface area contributed by atoms with Crippen molar-refractivity contribution in [2.75, 3.05) is 46.5 Å². The van der Waals surface area contributed by atoms with E-state index < -0.39 is 0 Å². The standard InChI is InChI=1S/C20H30N2O3/c1-24-12-9-21-20(23)18-13-17-14-22(11-8-19(17)25-15-18)10-7-16-5-3-2-4-6-16/h2-6,17-19H,7-15H2,1H3,(H,21,23)/t17-,18-,19+/m0/s1. The molecular weight excluding hydrogens is 316 g/mol. The minimum Gasteiger partial charge on any atom is -0.383 e. The van der Waals surface area contributed by atoms with E-state index in [0.717, 1.165) is 38.9 Å². The summed E-state index contributed by atoms with van der Waals surface area (Å²) in [6, 6.07) is 10.6. The fourth-order valence-corrected chi connectivity index (χ4v) is 3.94. The molecule has 1 aromatic rings. The van der Waals surface area contributed by atoms with Crippen LogP contribution in [0.1, 0.15) is 18.4 Å². The normalized spacial score (nSPS) is 26.8. The van der Waals surface area contributed by atoms with Crippen molar-refractivity contribution in [2.45, 2.75) is 25.4 Å². The van der Waals surface area contributed by atoms with E-state index in [1.54, 1.807) is 7.11 Å². The van der Waals surface area contributed by atoms with Gasteiger partial charge in [0.1, 0.15) is 0 Å². The molecule has 1 aromatic carbocycles. The number of ether oxygens (including phenoxy) is 2. The van der Waals surface area contributed by atoms with Crippen LogP contribution in [0.4, 0.5) is 0 Å². The summed E-state index contributed by atoms with van der Waals surface area (Å²) in [5.41, 5.74) is 1.39. The molecule has 25 heavy (non-hydrogen) atoms. The molecule has 138 valence electrons. The van der Waals surface area contributed by atoms with Gasteiger partial charge in [0.05, 0.1) is 25.2 Å². The first kappa shape index (κ1) is 18.4. The van der Waals surface area contributed by atoms with Crippen molar-refractivity contribution in [2.24, 2.45) is 11.8 Å². The second kappa shape index (κ2) is 9.32. The van der Waals surface area contributed by atoms with Crippen LogP contribution >= 0.6 is 0 Å². The lowest BCUT2D eigenvalue weighted by Gasteiger charge is -2.43. The van der Waals surface area contributed by atoms with Gasteiger partial charge in [-0.15, -0.1) is 0 Å². The number of hydrogen-bond acceptors (Lipinski definition) is 4. The van der Waals surface area contributed by atoms with Crippen molar-refractivity contribution in [3.05, 3.63) is 35.9 Å². The number of piperidine rings is 1. The number of hydrogen-bond donors (Lipinski definition) is 1. The Morgan fingerprint density at radius 1 is 1.36 bits per heavy atom. The molecule has 0 unspecified atom stereocenters. The monoisotopic (exact) mass is 346 g/mol. The van der Waals surface area contributed by atoms with Crippen LogP contribution in [0.2, 0.25) is 0 Å². The SMILES string of the molecule is COCCNC(=O)[C@@H]1CO[C@@H]2CCN(CCc3ccccc3)C[C@@H]2C1. The van der Waals surface area contributed by atoms with Crippen molar-refractivity contribution in [3.8, 4) is 0 Å². The molecule has 0 aromatic heterocycles. The van der Waals surface area contributed by atoms with Crippen LogP contribution in [0.3, 0.4) is 0 Å². The van der Waals surface area contributed by atoms with E-state index in [4.69, 9.17) is 9.47 Å². The maximum Gasteiger partial charge on any atom is 0.225 e. The molecular formula is C20H30N2O3. The van der Waals surface area contributed by atoms with Gasteiger partial charge in [-0.2, -0.15) is 0 Å². The summed E-state index contributed by atoms with van der Waals surface area (Å²) in [4.78, 5) is 14.8. The van der Waals surface area contributed by atoms with E-state index >= 15 is 0 Å². The zero-order chi connectivity index (χ0) is 17.5. The third-order valence-corrected chi connectivity index (χ3v) is 5.38. The first-order valence-electron chi connectivity index (χ1n) is 9.41. The van der Waals surface area contributed by atoms with Gasteiger partial charge in [0, 0.05) is 33.3 Å². The van der Waals surface area contributed by atoms with Gasteiger partial charge in [-0.25, -0.2) is 0 Å². The van der Waals surface area contributed by atoms with Crippen LogP contribution in [-0.4, -0.2) is 63.4 Å². The Hall–Kier alpha value is -1.43. The number of fused-ring (bicyclic) bond motifs is 1. The molecule has 5 nitrogen and oxygen atoms in total. The molecule has 2 saturated heterocycles. The number of nitrogens with zero attached hydrogens (tertiary/aromatic N) is 1.